The predicted molar refractivity (Wildman–Crippen MR) is 84.8 cm³/mol. The van der Waals surface area contributed by atoms with Crippen molar-refractivity contribution in [2.75, 3.05) is 11.5 Å². The minimum absolute atomic E-state index is 0.0340. The summed E-state index contributed by atoms with van der Waals surface area (Å²) in [6.07, 6.45) is 6.11. The molecule has 0 bridgehead atoms. The van der Waals surface area contributed by atoms with Crippen molar-refractivity contribution in [1.82, 2.24) is 15.0 Å². The van der Waals surface area contributed by atoms with Gasteiger partial charge >= 0.3 is 0 Å². The summed E-state index contributed by atoms with van der Waals surface area (Å²) < 4.78 is 27.3. The van der Waals surface area contributed by atoms with Crippen LogP contribution in [-0.4, -0.2) is 37.0 Å². The van der Waals surface area contributed by atoms with Crippen molar-refractivity contribution in [1.29, 1.82) is 0 Å². The molecule has 0 amide bonds. The molecule has 116 valence electrons. The van der Waals surface area contributed by atoms with Gasteiger partial charge in [0.2, 0.25) is 0 Å². The third-order valence-electron chi connectivity index (χ3n) is 3.73. The van der Waals surface area contributed by atoms with E-state index in [-0.39, 0.29) is 11.1 Å². The molecule has 0 spiro atoms. The standard InChI is InChI=1S/C14H21N3O2S2/c18-21(19,17-13-2-1-7-20-10-13)14-6-3-11(9-16-14)8-15-12-4-5-12/h3,6,9,12-13,15,17H,1-2,4-5,7-8,10H2. The molecule has 1 unspecified atom stereocenters. The second-order valence-electron chi connectivity index (χ2n) is 5.70. The quantitative estimate of drug-likeness (QED) is 0.829. The number of nitrogens with zero attached hydrogens (tertiary/aromatic N) is 1. The molecule has 7 heteroatoms. The summed E-state index contributed by atoms with van der Waals surface area (Å²) in [4.78, 5) is 4.12. The van der Waals surface area contributed by atoms with Crippen LogP contribution in [0.15, 0.2) is 23.4 Å². The Morgan fingerprint density at radius 3 is 2.71 bits per heavy atom. The molecule has 2 aliphatic rings. The number of aromatic nitrogens is 1. The van der Waals surface area contributed by atoms with Gasteiger partial charge in [0.25, 0.3) is 10.0 Å². The first-order valence-electron chi connectivity index (χ1n) is 7.42. The van der Waals surface area contributed by atoms with Gasteiger partial charge in [-0.15, -0.1) is 0 Å². The van der Waals surface area contributed by atoms with E-state index in [1.165, 1.54) is 12.8 Å². The summed E-state index contributed by atoms with van der Waals surface area (Å²) in [7, 11) is -3.49. The van der Waals surface area contributed by atoms with Crippen LogP contribution in [0, 0.1) is 0 Å². The second kappa shape index (κ2) is 6.64. The molecule has 2 N–H and O–H groups in total. The number of pyridine rings is 1. The molecule has 1 atom stereocenters. The van der Waals surface area contributed by atoms with E-state index in [1.807, 2.05) is 6.07 Å². The minimum Gasteiger partial charge on any atom is -0.310 e. The summed E-state index contributed by atoms with van der Waals surface area (Å²) in [6.45, 7) is 0.755. The van der Waals surface area contributed by atoms with Crippen molar-refractivity contribution < 1.29 is 8.42 Å². The number of hydrogen-bond donors (Lipinski definition) is 2. The third-order valence-corrected chi connectivity index (χ3v) is 6.38. The maximum absolute atomic E-state index is 12.3. The van der Waals surface area contributed by atoms with Crippen LogP contribution < -0.4 is 10.0 Å². The summed E-state index contributed by atoms with van der Waals surface area (Å²) >= 11 is 1.80. The van der Waals surface area contributed by atoms with Gasteiger partial charge in [-0.3, -0.25) is 0 Å². The Morgan fingerprint density at radius 2 is 2.10 bits per heavy atom. The summed E-state index contributed by atoms with van der Waals surface area (Å²) in [5.41, 5.74) is 1.02. The molecular formula is C14H21N3O2S2. The largest absolute Gasteiger partial charge is 0.310 e. The van der Waals surface area contributed by atoms with E-state index >= 15 is 0 Å². The van der Waals surface area contributed by atoms with Crippen molar-refractivity contribution in [3.8, 4) is 0 Å². The fraction of sp³-hybridized carbons (Fsp3) is 0.643. The van der Waals surface area contributed by atoms with Crippen molar-refractivity contribution in [2.45, 2.75) is 49.3 Å². The maximum Gasteiger partial charge on any atom is 0.258 e. The first-order chi connectivity index (χ1) is 10.1. The molecule has 2 fully saturated rings. The predicted octanol–water partition coefficient (Wildman–Crippen LogP) is 1.51. The van der Waals surface area contributed by atoms with E-state index in [2.05, 4.69) is 15.0 Å². The molecule has 2 heterocycles. The zero-order valence-electron chi connectivity index (χ0n) is 11.9. The zero-order valence-corrected chi connectivity index (χ0v) is 13.5. The van der Waals surface area contributed by atoms with Gasteiger partial charge in [0.1, 0.15) is 0 Å². The zero-order chi connectivity index (χ0) is 14.7. The summed E-state index contributed by atoms with van der Waals surface area (Å²) in [6, 6.07) is 4.11. The maximum atomic E-state index is 12.3. The van der Waals surface area contributed by atoms with Crippen LogP contribution in [0.1, 0.15) is 31.2 Å². The highest BCUT2D eigenvalue weighted by molar-refractivity contribution is 7.99. The highest BCUT2D eigenvalue weighted by Crippen LogP contribution is 2.20. The van der Waals surface area contributed by atoms with Gasteiger partial charge in [0, 0.05) is 30.6 Å². The average Bonchev–Trinajstić information content (AvgIpc) is 3.30. The number of hydrogen-bond acceptors (Lipinski definition) is 5. The molecule has 3 rings (SSSR count). The van der Waals surface area contributed by atoms with Crippen LogP contribution in [0.4, 0.5) is 0 Å². The molecule has 1 aromatic heterocycles. The SMILES string of the molecule is O=S(=O)(NC1CCCSC1)c1ccc(CNC2CC2)cn1. The van der Waals surface area contributed by atoms with Crippen LogP contribution in [0.2, 0.25) is 0 Å². The van der Waals surface area contributed by atoms with Crippen LogP contribution in [0.25, 0.3) is 0 Å². The molecule has 1 aliphatic heterocycles. The summed E-state index contributed by atoms with van der Waals surface area (Å²) in [5, 5.41) is 3.51. The molecule has 5 nitrogen and oxygen atoms in total. The van der Waals surface area contributed by atoms with E-state index < -0.39 is 10.0 Å². The van der Waals surface area contributed by atoms with E-state index in [0.29, 0.717) is 6.04 Å². The van der Waals surface area contributed by atoms with Crippen LogP contribution >= 0.6 is 11.8 Å². The van der Waals surface area contributed by atoms with Gasteiger partial charge in [-0.1, -0.05) is 6.07 Å². The Balaban J connectivity index is 1.60. The Labute approximate surface area is 130 Å². The number of nitrogens with one attached hydrogen (secondary N) is 2. The lowest BCUT2D eigenvalue weighted by Crippen LogP contribution is -2.38. The fourth-order valence-electron chi connectivity index (χ4n) is 2.34. The van der Waals surface area contributed by atoms with E-state index in [1.54, 1.807) is 24.0 Å². The van der Waals surface area contributed by atoms with Crippen LogP contribution in [0.3, 0.4) is 0 Å². The van der Waals surface area contributed by atoms with Crippen LogP contribution in [0.5, 0.6) is 0 Å². The summed E-state index contributed by atoms with van der Waals surface area (Å²) in [5.74, 6) is 1.97. The Hall–Kier alpha value is -0.630. The fourth-order valence-corrected chi connectivity index (χ4v) is 4.71. The van der Waals surface area contributed by atoms with E-state index in [0.717, 1.165) is 36.5 Å². The van der Waals surface area contributed by atoms with Gasteiger partial charge < -0.3 is 5.32 Å². The van der Waals surface area contributed by atoms with Gasteiger partial charge in [0.05, 0.1) is 0 Å². The first-order valence-corrected chi connectivity index (χ1v) is 10.1. The highest BCUT2D eigenvalue weighted by Gasteiger charge is 2.23. The van der Waals surface area contributed by atoms with E-state index in [4.69, 9.17) is 0 Å². The monoisotopic (exact) mass is 327 g/mol. The molecule has 0 aromatic carbocycles. The third kappa shape index (κ3) is 4.42. The first kappa shape index (κ1) is 15.3. The van der Waals surface area contributed by atoms with Gasteiger partial charge in [-0.2, -0.15) is 11.8 Å². The van der Waals surface area contributed by atoms with Crippen molar-refractivity contribution in [3.63, 3.8) is 0 Å². The average molecular weight is 327 g/mol. The van der Waals surface area contributed by atoms with E-state index in [9.17, 15) is 8.42 Å². The molecule has 1 saturated carbocycles. The van der Waals surface area contributed by atoms with Crippen molar-refractivity contribution in [2.24, 2.45) is 0 Å². The van der Waals surface area contributed by atoms with Gasteiger partial charge in [-0.25, -0.2) is 18.1 Å². The normalized spacial score (nSPS) is 23.1. The van der Waals surface area contributed by atoms with Crippen LogP contribution in [-0.2, 0) is 16.6 Å². The lowest BCUT2D eigenvalue weighted by Gasteiger charge is -2.22. The number of sulfonamides is 1. The molecular weight excluding hydrogens is 306 g/mol. The Morgan fingerprint density at radius 1 is 1.24 bits per heavy atom. The number of thioether (sulfide) groups is 1. The highest BCUT2D eigenvalue weighted by atomic mass is 32.2. The molecule has 1 aliphatic carbocycles. The second-order valence-corrected chi connectivity index (χ2v) is 8.51. The molecule has 1 saturated heterocycles. The van der Waals surface area contributed by atoms with Gasteiger partial charge in [-0.05, 0) is 43.1 Å². The Kier molecular flexibility index (Phi) is 4.83. The van der Waals surface area contributed by atoms with Crippen molar-refractivity contribution >= 4 is 21.8 Å². The number of rotatable bonds is 6. The molecule has 21 heavy (non-hydrogen) atoms. The van der Waals surface area contributed by atoms with Gasteiger partial charge in [0.15, 0.2) is 5.03 Å². The lowest BCUT2D eigenvalue weighted by molar-refractivity contribution is 0.540. The minimum atomic E-state index is -3.49. The topological polar surface area (TPSA) is 71.1 Å². The van der Waals surface area contributed by atoms with Crippen molar-refractivity contribution in [3.05, 3.63) is 23.9 Å². The lowest BCUT2D eigenvalue weighted by atomic mass is 10.2. The molecule has 1 aromatic rings. The molecule has 0 radical (unpaired) electrons. The Bertz CT molecular complexity index is 564. The smallest absolute Gasteiger partial charge is 0.258 e.